The summed E-state index contributed by atoms with van der Waals surface area (Å²) in [6, 6.07) is 7.03. The molecular formula is C13H15NO3. The molecule has 0 saturated heterocycles. The Bertz CT molecular complexity index is 452. The van der Waals surface area contributed by atoms with Crippen LogP contribution in [0.15, 0.2) is 24.3 Å². The lowest BCUT2D eigenvalue weighted by Crippen LogP contribution is -2.34. The maximum Gasteiger partial charge on any atom is 0.339 e. The van der Waals surface area contributed by atoms with Crippen molar-refractivity contribution in [3.63, 3.8) is 0 Å². The fraction of sp³-hybridized carbons (Fsp3) is 0.385. The molecule has 1 amide bonds. The normalized spacial score (nSPS) is 17.5. The van der Waals surface area contributed by atoms with E-state index in [0.717, 1.165) is 0 Å². The molecule has 0 N–H and O–H groups in total. The van der Waals surface area contributed by atoms with E-state index >= 15 is 0 Å². The van der Waals surface area contributed by atoms with Gasteiger partial charge < -0.3 is 9.64 Å². The van der Waals surface area contributed by atoms with Crippen molar-refractivity contribution in [1.29, 1.82) is 0 Å². The molecule has 17 heavy (non-hydrogen) atoms. The second-order valence-corrected chi connectivity index (χ2v) is 3.88. The number of likely N-dealkylation sites (N-methyl/N-ethyl adjacent to an activating group) is 1. The lowest BCUT2D eigenvalue weighted by molar-refractivity contribution is -0.139. The van der Waals surface area contributed by atoms with Gasteiger partial charge in [-0.05, 0) is 19.9 Å². The topological polar surface area (TPSA) is 46.6 Å². The number of rotatable bonds is 3. The summed E-state index contributed by atoms with van der Waals surface area (Å²) >= 11 is 0. The minimum atomic E-state index is -0.765. The zero-order valence-electron chi connectivity index (χ0n) is 9.97. The molecule has 0 saturated carbocycles. The number of benzene rings is 1. The lowest BCUT2D eigenvalue weighted by atomic mass is 10.0. The summed E-state index contributed by atoms with van der Waals surface area (Å²) in [5.41, 5.74) is 1.17. The molecule has 1 aliphatic rings. The van der Waals surface area contributed by atoms with Gasteiger partial charge >= 0.3 is 5.97 Å². The Kier molecular flexibility index (Phi) is 3.13. The summed E-state index contributed by atoms with van der Waals surface area (Å²) < 4.78 is 5.15. The Morgan fingerprint density at radius 3 is 2.59 bits per heavy atom. The zero-order valence-corrected chi connectivity index (χ0v) is 9.97. The molecule has 1 unspecified atom stereocenters. The van der Waals surface area contributed by atoms with Crippen molar-refractivity contribution < 1.29 is 14.3 Å². The summed E-state index contributed by atoms with van der Waals surface area (Å²) in [5.74, 6) is -0.556. The Morgan fingerprint density at radius 2 is 1.94 bits per heavy atom. The first kappa shape index (κ1) is 11.6. The van der Waals surface area contributed by atoms with Crippen molar-refractivity contribution >= 4 is 11.9 Å². The van der Waals surface area contributed by atoms with E-state index in [4.69, 9.17) is 4.74 Å². The SMILES string of the molecule is CCN(CC)C(=O)C1OC(=O)c2ccccc21. The summed E-state index contributed by atoms with van der Waals surface area (Å²) in [5, 5.41) is 0. The minimum absolute atomic E-state index is 0.145. The highest BCUT2D eigenvalue weighted by Gasteiger charge is 2.37. The fourth-order valence-electron chi connectivity index (χ4n) is 2.03. The number of nitrogens with zero attached hydrogens (tertiary/aromatic N) is 1. The van der Waals surface area contributed by atoms with Crippen molar-refractivity contribution in [3.05, 3.63) is 35.4 Å². The van der Waals surface area contributed by atoms with E-state index in [9.17, 15) is 9.59 Å². The van der Waals surface area contributed by atoms with Crippen LogP contribution < -0.4 is 0 Å². The average molecular weight is 233 g/mol. The van der Waals surface area contributed by atoms with Crippen molar-refractivity contribution in [3.8, 4) is 0 Å². The lowest BCUT2D eigenvalue weighted by Gasteiger charge is -2.22. The molecule has 1 aromatic rings. The fourth-order valence-corrected chi connectivity index (χ4v) is 2.03. The third kappa shape index (κ3) is 1.90. The van der Waals surface area contributed by atoms with Crippen LogP contribution in [0.2, 0.25) is 0 Å². The van der Waals surface area contributed by atoms with Crippen LogP contribution >= 0.6 is 0 Å². The number of hydrogen-bond donors (Lipinski definition) is 0. The van der Waals surface area contributed by atoms with Gasteiger partial charge in [0.2, 0.25) is 6.10 Å². The highest BCUT2D eigenvalue weighted by molar-refractivity contribution is 5.99. The molecular weight excluding hydrogens is 218 g/mol. The quantitative estimate of drug-likeness (QED) is 0.747. The zero-order chi connectivity index (χ0) is 12.4. The van der Waals surface area contributed by atoms with Crippen LogP contribution in [0.1, 0.15) is 35.9 Å². The number of cyclic esters (lactones) is 1. The standard InChI is InChI=1S/C13H15NO3/c1-3-14(4-2)12(15)11-9-7-5-6-8-10(9)13(16)17-11/h5-8,11H,3-4H2,1-2H3. The minimum Gasteiger partial charge on any atom is -0.444 e. The number of carbonyl (C=O) groups is 2. The molecule has 1 heterocycles. The van der Waals surface area contributed by atoms with Crippen LogP contribution in [-0.4, -0.2) is 29.9 Å². The van der Waals surface area contributed by atoms with Gasteiger partial charge in [-0.3, -0.25) is 4.79 Å². The first-order chi connectivity index (χ1) is 8.19. The van der Waals surface area contributed by atoms with Gasteiger partial charge in [-0.25, -0.2) is 4.79 Å². The van der Waals surface area contributed by atoms with Gasteiger partial charge in [0.1, 0.15) is 0 Å². The third-order valence-electron chi connectivity index (χ3n) is 2.99. The second-order valence-electron chi connectivity index (χ2n) is 3.88. The monoisotopic (exact) mass is 233 g/mol. The summed E-state index contributed by atoms with van der Waals surface area (Å²) in [6.07, 6.45) is -0.765. The molecule has 0 aliphatic carbocycles. The predicted molar refractivity (Wildman–Crippen MR) is 62.5 cm³/mol. The van der Waals surface area contributed by atoms with Crippen LogP contribution in [0.5, 0.6) is 0 Å². The molecule has 0 bridgehead atoms. The summed E-state index contributed by atoms with van der Waals surface area (Å²) in [4.78, 5) is 25.4. The van der Waals surface area contributed by atoms with Crippen LogP contribution in [0.4, 0.5) is 0 Å². The van der Waals surface area contributed by atoms with Crippen LogP contribution in [-0.2, 0) is 9.53 Å². The van der Waals surface area contributed by atoms with Crippen molar-refractivity contribution in [2.75, 3.05) is 13.1 Å². The van der Waals surface area contributed by atoms with E-state index < -0.39 is 12.1 Å². The Hall–Kier alpha value is -1.84. The molecule has 4 nitrogen and oxygen atoms in total. The molecule has 2 rings (SSSR count). The maximum absolute atomic E-state index is 12.2. The van der Waals surface area contributed by atoms with E-state index in [2.05, 4.69) is 0 Å². The van der Waals surface area contributed by atoms with E-state index in [1.165, 1.54) is 0 Å². The smallest absolute Gasteiger partial charge is 0.339 e. The highest BCUT2D eigenvalue weighted by Crippen LogP contribution is 2.31. The van der Waals surface area contributed by atoms with Gasteiger partial charge in [0.15, 0.2) is 0 Å². The number of amides is 1. The highest BCUT2D eigenvalue weighted by atomic mass is 16.6. The molecule has 90 valence electrons. The Balaban J connectivity index is 2.31. The van der Waals surface area contributed by atoms with Gasteiger partial charge in [-0.2, -0.15) is 0 Å². The molecule has 0 radical (unpaired) electrons. The number of hydrogen-bond acceptors (Lipinski definition) is 3. The summed E-state index contributed by atoms with van der Waals surface area (Å²) in [6.45, 7) is 5.05. The van der Waals surface area contributed by atoms with Gasteiger partial charge in [-0.15, -0.1) is 0 Å². The molecule has 1 atom stereocenters. The number of carbonyl (C=O) groups excluding carboxylic acids is 2. The van der Waals surface area contributed by atoms with E-state index in [1.54, 1.807) is 23.1 Å². The van der Waals surface area contributed by atoms with Gasteiger partial charge in [0.25, 0.3) is 5.91 Å². The van der Waals surface area contributed by atoms with E-state index in [0.29, 0.717) is 24.2 Å². The first-order valence-electron chi connectivity index (χ1n) is 5.77. The number of ether oxygens (including phenoxy) is 1. The Labute approximate surface area is 100 Å². The van der Waals surface area contributed by atoms with E-state index in [-0.39, 0.29) is 5.91 Å². The second kappa shape index (κ2) is 4.57. The number of fused-ring (bicyclic) bond motifs is 1. The van der Waals surface area contributed by atoms with Crippen molar-refractivity contribution in [2.24, 2.45) is 0 Å². The van der Waals surface area contributed by atoms with E-state index in [1.807, 2.05) is 19.9 Å². The Morgan fingerprint density at radius 1 is 1.29 bits per heavy atom. The predicted octanol–water partition coefficient (Wildman–Crippen LogP) is 1.77. The molecule has 1 aromatic carbocycles. The van der Waals surface area contributed by atoms with Crippen molar-refractivity contribution in [2.45, 2.75) is 20.0 Å². The largest absolute Gasteiger partial charge is 0.444 e. The molecule has 1 aliphatic heterocycles. The van der Waals surface area contributed by atoms with Gasteiger partial charge in [0, 0.05) is 18.7 Å². The first-order valence-corrected chi connectivity index (χ1v) is 5.77. The third-order valence-corrected chi connectivity index (χ3v) is 2.99. The summed E-state index contributed by atoms with van der Waals surface area (Å²) in [7, 11) is 0. The molecule has 4 heteroatoms. The molecule has 0 spiro atoms. The average Bonchev–Trinajstić information content (AvgIpc) is 2.69. The van der Waals surface area contributed by atoms with Crippen molar-refractivity contribution in [1.82, 2.24) is 4.90 Å². The molecule has 0 aromatic heterocycles. The van der Waals surface area contributed by atoms with Gasteiger partial charge in [-0.1, -0.05) is 18.2 Å². The number of esters is 1. The van der Waals surface area contributed by atoms with Crippen LogP contribution in [0.3, 0.4) is 0 Å². The maximum atomic E-state index is 12.2. The van der Waals surface area contributed by atoms with Gasteiger partial charge in [0.05, 0.1) is 5.56 Å². The molecule has 0 fully saturated rings. The van der Waals surface area contributed by atoms with Crippen LogP contribution in [0, 0.1) is 0 Å². The van der Waals surface area contributed by atoms with Crippen LogP contribution in [0.25, 0.3) is 0 Å².